The molecule has 5 heteroatoms. The first-order valence-electron chi connectivity index (χ1n) is 9.57. The number of rotatable bonds is 6. The van der Waals surface area contributed by atoms with Gasteiger partial charge in [-0.05, 0) is 38.6 Å². The third-order valence-corrected chi connectivity index (χ3v) is 5.06. The van der Waals surface area contributed by atoms with E-state index < -0.39 is 0 Å². The Balaban J connectivity index is 1.98. The zero-order valence-corrected chi connectivity index (χ0v) is 16.1. The molecule has 5 nitrogen and oxygen atoms in total. The molecular formula is C21H29N3O2. The Kier molecular flexibility index (Phi) is 5.99. The molecule has 140 valence electrons. The van der Waals surface area contributed by atoms with Crippen molar-refractivity contribution in [2.24, 2.45) is 0 Å². The van der Waals surface area contributed by atoms with E-state index in [9.17, 15) is 4.79 Å². The quantitative estimate of drug-likeness (QED) is 0.746. The minimum atomic E-state index is 0.115. The SMILES string of the molecule is C/C=C\Cn1c(C(=O)N2CCN(CC)CC2)cc2c(OCC)cccc21. The highest BCUT2D eigenvalue weighted by Crippen LogP contribution is 2.30. The van der Waals surface area contributed by atoms with E-state index in [-0.39, 0.29) is 5.91 Å². The number of allylic oxidation sites excluding steroid dienone is 2. The van der Waals surface area contributed by atoms with Gasteiger partial charge in [-0.25, -0.2) is 0 Å². The van der Waals surface area contributed by atoms with Crippen LogP contribution in [-0.2, 0) is 6.54 Å². The van der Waals surface area contributed by atoms with E-state index >= 15 is 0 Å². The van der Waals surface area contributed by atoms with Gasteiger partial charge >= 0.3 is 0 Å². The number of carbonyl (C=O) groups excluding carboxylic acids is 1. The predicted molar refractivity (Wildman–Crippen MR) is 106 cm³/mol. The van der Waals surface area contributed by atoms with Gasteiger partial charge in [-0.3, -0.25) is 4.79 Å². The molecular weight excluding hydrogens is 326 g/mol. The number of aromatic nitrogens is 1. The molecule has 0 aliphatic carbocycles. The second-order valence-corrected chi connectivity index (χ2v) is 6.56. The Hall–Kier alpha value is -2.27. The molecule has 0 spiro atoms. The maximum absolute atomic E-state index is 13.2. The van der Waals surface area contributed by atoms with Crippen molar-refractivity contribution in [3.8, 4) is 5.75 Å². The summed E-state index contributed by atoms with van der Waals surface area (Å²) in [5.41, 5.74) is 1.79. The Morgan fingerprint density at radius 2 is 1.96 bits per heavy atom. The fourth-order valence-corrected chi connectivity index (χ4v) is 3.55. The lowest BCUT2D eigenvalue weighted by Crippen LogP contribution is -2.48. The van der Waals surface area contributed by atoms with Crippen molar-refractivity contribution in [3.05, 3.63) is 42.1 Å². The van der Waals surface area contributed by atoms with Crippen molar-refractivity contribution < 1.29 is 9.53 Å². The standard InChI is InChI=1S/C21H29N3O2/c1-4-7-11-24-18-9-8-10-20(26-6-3)17(18)16-19(24)21(25)23-14-12-22(5-2)13-15-23/h4,7-10,16H,5-6,11-15H2,1-3H3/b7-4-. The minimum absolute atomic E-state index is 0.115. The van der Waals surface area contributed by atoms with E-state index in [0.29, 0.717) is 13.2 Å². The van der Waals surface area contributed by atoms with Gasteiger partial charge in [0.1, 0.15) is 11.4 Å². The van der Waals surface area contributed by atoms with Crippen LogP contribution in [0.4, 0.5) is 0 Å². The van der Waals surface area contributed by atoms with Crippen LogP contribution >= 0.6 is 0 Å². The van der Waals surface area contributed by atoms with E-state index in [1.54, 1.807) is 0 Å². The molecule has 0 unspecified atom stereocenters. The predicted octanol–water partition coefficient (Wildman–Crippen LogP) is 3.39. The highest BCUT2D eigenvalue weighted by atomic mass is 16.5. The van der Waals surface area contributed by atoms with E-state index in [2.05, 4.69) is 28.5 Å². The van der Waals surface area contributed by atoms with Crippen molar-refractivity contribution in [1.82, 2.24) is 14.4 Å². The van der Waals surface area contributed by atoms with Crippen LogP contribution in [0.15, 0.2) is 36.4 Å². The molecule has 1 fully saturated rings. The Morgan fingerprint density at radius 1 is 1.19 bits per heavy atom. The fourth-order valence-electron chi connectivity index (χ4n) is 3.55. The largest absolute Gasteiger partial charge is 0.493 e. The van der Waals surface area contributed by atoms with Gasteiger partial charge in [0, 0.05) is 38.1 Å². The van der Waals surface area contributed by atoms with E-state index in [1.165, 1.54) is 0 Å². The number of nitrogens with zero attached hydrogens (tertiary/aromatic N) is 3. The summed E-state index contributed by atoms with van der Waals surface area (Å²) in [6.07, 6.45) is 4.10. The number of hydrogen-bond acceptors (Lipinski definition) is 3. The number of ether oxygens (including phenoxy) is 1. The Morgan fingerprint density at radius 3 is 2.62 bits per heavy atom. The first kappa shape index (κ1) is 18.5. The van der Waals surface area contributed by atoms with Crippen molar-refractivity contribution in [3.63, 3.8) is 0 Å². The second kappa shape index (κ2) is 8.41. The van der Waals surface area contributed by atoms with Gasteiger partial charge in [-0.2, -0.15) is 0 Å². The molecule has 1 aromatic heterocycles. The van der Waals surface area contributed by atoms with E-state index in [4.69, 9.17) is 4.74 Å². The smallest absolute Gasteiger partial charge is 0.270 e. The number of benzene rings is 1. The highest BCUT2D eigenvalue weighted by Gasteiger charge is 2.25. The summed E-state index contributed by atoms with van der Waals surface area (Å²) in [6.45, 7) is 12.0. The summed E-state index contributed by atoms with van der Waals surface area (Å²) in [6, 6.07) is 8.03. The second-order valence-electron chi connectivity index (χ2n) is 6.56. The normalized spacial score (nSPS) is 15.9. The van der Waals surface area contributed by atoms with Gasteiger partial charge < -0.3 is 19.1 Å². The van der Waals surface area contributed by atoms with Gasteiger partial charge in [-0.1, -0.05) is 25.1 Å². The van der Waals surface area contributed by atoms with Crippen molar-refractivity contribution in [2.45, 2.75) is 27.3 Å². The molecule has 3 rings (SSSR count). The molecule has 2 aromatic rings. The number of piperazine rings is 1. The first-order valence-corrected chi connectivity index (χ1v) is 9.57. The molecule has 0 N–H and O–H groups in total. The first-order chi connectivity index (χ1) is 12.7. The van der Waals surface area contributed by atoms with Crippen LogP contribution in [0.3, 0.4) is 0 Å². The number of likely N-dealkylation sites (N-methyl/N-ethyl adjacent to an activating group) is 1. The summed E-state index contributed by atoms with van der Waals surface area (Å²) in [5.74, 6) is 0.956. The van der Waals surface area contributed by atoms with Crippen LogP contribution in [0.2, 0.25) is 0 Å². The van der Waals surface area contributed by atoms with E-state index in [0.717, 1.165) is 55.1 Å². The van der Waals surface area contributed by atoms with Crippen molar-refractivity contribution >= 4 is 16.8 Å². The zero-order chi connectivity index (χ0) is 18.5. The van der Waals surface area contributed by atoms with Gasteiger partial charge in [0.05, 0.1) is 12.1 Å². The number of hydrogen-bond donors (Lipinski definition) is 0. The van der Waals surface area contributed by atoms with Gasteiger partial charge in [0.25, 0.3) is 5.91 Å². The molecule has 0 bridgehead atoms. The monoisotopic (exact) mass is 355 g/mol. The van der Waals surface area contributed by atoms with Crippen LogP contribution in [0, 0.1) is 0 Å². The van der Waals surface area contributed by atoms with Crippen LogP contribution in [0.1, 0.15) is 31.3 Å². The Bertz CT molecular complexity index is 786. The molecule has 1 aliphatic rings. The third kappa shape index (κ3) is 3.63. The average molecular weight is 355 g/mol. The lowest BCUT2D eigenvalue weighted by atomic mass is 10.2. The molecule has 1 aliphatic heterocycles. The van der Waals surface area contributed by atoms with Crippen LogP contribution in [0.25, 0.3) is 10.9 Å². The number of fused-ring (bicyclic) bond motifs is 1. The van der Waals surface area contributed by atoms with E-state index in [1.807, 2.05) is 43.0 Å². The molecule has 0 atom stereocenters. The fraction of sp³-hybridized carbons (Fsp3) is 0.476. The van der Waals surface area contributed by atoms with Crippen LogP contribution < -0.4 is 4.74 Å². The maximum atomic E-state index is 13.2. The summed E-state index contributed by atoms with van der Waals surface area (Å²) >= 11 is 0. The molecule has 1 aromatic carbocycles. The molecule has 2 heterocycles. The summed E-state index contributed by atoms with van der Waals surface area (Å²) in [4.78, 5) is 17.6. The van der Waals surface area contributed by atoms with Crippen molar-refractivity contribution in [1.29, 1.82) is 0 Å². The highest BCUT2D eigenvalue weighted by molar-refractivity contribution is 6.00. The van der Waals surface area contributed by atoms with Crippen LogP contribution in [0.5, 0.6) is 5.75 Å². The number of carbonyl (C=O) groups is 1. The lowest BCUT2D eigenvalue weighted by Gasteiger charge is -2.34. The molecule has 26 heavy (non-hydrogen) atoms. The third-order valence-electron chi connectivity index (χ3n) is 5.06. The molecule has 1 saturated heterocycles. The molecule has 0 radical (unpaired) electrons. The molecule has 0 saturated carbocycles. The zero-order valence-electron chi connectivity index (χ0n) is 16.1. The van der Waals surface area contributed by atoms with Crippen LogP contribution in [-0.4, -0.2) is 59.6 Å². The number of amides is 1. The van der Waals surface area contributed by atoms with Gasteiger partial charge in [-0.15, -0.1) is 0 Å². The topological polar surface area (TPSA) is 37.7 Å². The summed E-state index contributed by atoms with van der Waals surface area (Å²) < 4.78 is 7.89. The Labute approximate surface area is 155 Å². The van der Waals surface area contributed by atoms with Crippen molar-refractivity contribution in [2.75, 3.05) is 39.3 Å². The minimum Gasteiger partial charge on any atom is -0.493 e. The molecule has 1 amide bonds. The maximum Gasteiger partial charge on any atom is 0.270 e. The lowest BCUT2D eigenvalue weighted by molar-refractivity contribution is 0.0634. The van der Waals surface area contributed by atoms with Gasteiger partial charge in [0.2, 0.25) is 0 Å². The summed E-state index contributed by atoms with van der Waals surface area (Å²) in [5, 5.41) is 1.01. The average Bonchev–Trinajstić information content (AvgIpc) is 3.05. The van der Waals surface area contributed by atoms with Gasteiger partial charge in [0.15, 0.2) is 0 Å². The summed E-state index contributed by atoms with van der Waals surface area (Å²) in [7, 11) is 0.